The van der Waals surface area contributed by atoms with Gasteiger partial charge in [0.2, 0.25) is 17.7 Å². The monoisotopic (exact) mass is 375 g/mol. The van der Waals surface area contributed by atoms with E-state index in [1.165, 1.54) is 0 Å². The van der Waals surface area contributed by atoms with Gasteiger partial charge in [0.25, 0.3) is 0 Å². The Balaban J connectivity index is 2.14. The maximum atomic E-state index is 12.1. The molecule has 1 aromatic rings. The number of likely N-dealkylation sites (N-methyl/N-ethyl adjacent to an activating group) is 1. The van der Waals surface area contributed by atoms with Crippen molar-refractivity contribution in [2.45, 2.75) is 38.8 Å². The Morgan fingerprint density at radius 1 is 1.41 bits per heavy atom. The van der Waals surface area contributed by atoms with Gasteiger partial charge >= 0.3 is 0 Å². The minimum absolute atomic E-state index is 0.0679. The molecule has 1 unspecified atom stereocenters. The summed E-state index contributed by atoms with van der Waals surface area (Å²) >= 11 is 0. The molecule has 2 N–H and O–H groups in total. The standard InChI is InChI=1S/C19H25N3O5/c1-3-9-27-12-18(25)20-15-6-4-5-13(11-23)14(15)10-22(2)16-7-8-17(24)21-19(16)26/h4-6,11,16H,3,7-10,12H2,1-2H3,(H,20,25)(H,21,24,26). The first-order valence-electron chi connectivity index (χ1n) is 8.94. The van der Waals surface area contributed by atoms with Gasteiger partial charge in [-0.05, 0) is 26.0 Å². The number of rotatable bonds is 9. The summed E-state index contributed by atoms with van der Waals surface area (Å²) in [5.74, 6) is -0.940. The average Bonchev–Trinajstić information content (AvgIpc) is 2.63. The number of benzene rings is 1. The summed E-state index contributed by atoms with van der Waals surface area (Å²) in [5, 5.41) is 5.09. The van der Waals surface area contributed by atoms with Crippen molar-refractivity contribution in [1.29, 1.82) is 0 Å². The molecule has 1 aliphatic heterocycles. The summed E-state index contributed by atoms with van der Waals surface area (Å²) in [4.78, 5) is 48.7. The molecule has 0 aliphatic carbocycles. The van der Waals surface area contributed by atoms with Crippen LogP contribution in [-0.4, -0.2) is 55.2 Å². The molecule has 1 aliphatic rings. The van der Waals surface area contributed by atoms with Crippen LogP contribution in [0.5, 0.6) is 0 Å². The molecule has 3 amide bonds. The molecule has 0 bridgehead atoms. The van der Waals surface area contributed by atoms with Crippen molar-refractivity contribution in [2.24, 2.45) is 0 Å². The lowest BCUT2D eigenvalue weighted by molar-refractivity contribution is -0.137. The van der Waals surface area contributed by atoms with Gasteiger partial charge in [-0.3, -0.25) is 29.4 Å². The number of nitrogens with one attached hydrogen (secondary N) is 2. The smallest absolute Gasteiger partial charge is 0.250 e. The largest absolute Gasteiger partial charge is 0.372 e. The first kappa shape index (κ1) is 20.7. The second-order valence-electron chi connectivity index (χ2n) is 6.47. The van der Waals surface area contributed by atoms with Crippen LogP contribution in [-0.2, 0) is 25.7 Å². The van der Waals surface area contributed by atoms with Gasteiger partial charge in [-0.15, -0.1) is 0 Å². The number of hydrogen-bond donors (Lipinski definition) is 2. The third-order valence-corrected chi connectivity index (χ3v) is 4.34. The van der Waals surface area contributed by atoms with Crippen LogP contribution in [0.3, 0.4) is 0 Å². The number of amides is 3. The Morgan fingerprint density at radius 3 is 2.85 bits per heavy atom. The highest BCUT2D eigenvalue weighted by Gasteiger charge is 2.30. The molecule has 0 saturated carbocycles. The predicted octanol–water partition coefficient (Wildman–Crippen LogP) is 1.10. The molecule has 1 heterocycles. The number of anilines is 1. The summed E-state index contributed by atoms with van der Waals surface area (Å²) in [6, 6.07) is 4.57. The van der Waals surface area contributed by atoms with Gasteiger partial charge in [-0.1, -0.05) is 19.1 Å². The topological polar surface area (TPSA) is 105 Å². The van der Waals surface area contributed by atoms with E-state index in [-0.39, 0.29) is 37.3 Å². The molecule has 1 fully saturated rings. The van der Waals surface area contributed by atoms with Crippen LogP contribution in [0.1, 0.15) is 42.1 Å². The highest BCUT2D eigenvalue weighted by Crippen LogP contribution is 2.23. The quantitative estimate of drug-likeness (QED) is 0.380. The van der Waals surface area contributed by atoms with Crippen molar-refractivity contribution in [2.75, 3.05) is 25.6 Å². The van der Waals surface area contributed by atoms with Crippen LogP contribution in [0.4, 0.5) is 5.69 Å². The average molecular weight is 375 g/mol. The van der Waals surface area contributed by atoms with Gasteiger partial charge in [0.1, 0.15) is 12.9 Å². The SMILES string of the molecule is CCCOCC(=O)Nc1cccc(C=O)c1CN(C)C1CCC(=O)NC1=O. The van der Waals surface area contributed by atoms with Gasteiger partial charge in [0.15, 0.2) is 0 Å². The third-order valence-electron chi connectivity index (χ3n) is 4.34. The first-order chi connectivity index (χ1) is 13.0. The summed E-state index contributed by atoms with van der Waals surface area (Å²) < 4.78 is 5.24. The molecule has 1 saturated heterocycles. The van der Waals surface area contributed by atoms with Crippen LogP contribution in [0.25, 0.3) is 0 Å². The fourth-order valence-electron chi connectivity index (χ4n) is 2.97. The van der Waals surface area contributed by atoms with E-state index in [2.05, 4.69) is 10.6 Å². The molecular weight excluding hydrogens is 350 g/mol. The Labute approximate surface area is 158 Å². The summed E-state index contributed by atoms with van der Waals surface area (Å²) in [7, 11) is 1.75. The van der Waals surface area contributed by atoms with Gasteiger partial charge in [-0.2, -0.15) is 0 Å². The Kier molecular flexibility index (Phi) is 7.63. The summed E-state index contributed by atoms with van der Waals surface area (Å²) in [6.45, 7) is 2.65. The van der Waals surface area contributed by atoms with Crippen molar-refractivity contribution in [3.8, 4) is 0 Å². The Hall–Kier alpha value is -2.58. The molecular formula is C19H25N3O5. The number of piperidine rings is 1. The van der Waals surface area contributed by atoms with E-state index in [0.29, 0.717) is 29.8 Å². The van der Waals surface area contributed by atoms with Crippen molar-refractivity contribution in [1.82, 2.24) is 10.2 Å². The molecule has 8 heteroatoms. The van der Waals surface area contributed by atoms with Crippen molar-refractivity contribution in [3.63, 3.8) is 0 Å². The van der Waals surface area contributed by atoms with Gasteiger partial charge in [-0.25, -0.2) is 0 Å². The number of ether oxygens (including phenoxy) is 1. The fraction of sp³-hybridized carbons (Fsp3) is 0.474. The van der Waals surface area contributed by atoms with Crippen molar-refractivity contribution in [3.05, 3.63) is 29.3 Å². The predicted molar refractivity (Wildman–Crippen MR) is 99.2 cm³/mol. The molecule has 0 aromatic heterocycles. The molecule has 0 spiro atoms. The van der Waals surface area contributed by atoms with E-state index >= 15 is 0 Å². The Morgan fingerprint density at radius 2 is 2.19 bits per heavy atom. The normalized spacial score (nSPS) is 16.9. The maximum Gasteiger partial charge on any atom is 0.250 e. The zero-order chi connectivity index (χ0) is 19.8. The molecule has 146 valence electrons. The highest BCUT2D eigenvalue weighted by atomic mass is 16.5. The van der Waals surface area contributed by atoms with E-state index in [1.807, 2.05) is 6.92 Å². The second-order valence-corrected chi connectivity index (χ2v) is 6.47. The number of hydrogen-bond acceptors (Lipinski definition) is 6. The van der Waals surface area contributed by atoms with Crippen LogP contribution in [0.15, 0.2) is 18.2 Å². The molecule has 1 atom stereocenters. The molecule has 2 rings (SSSR count). The van der Waals surface area contributed by atoms with E-state index in [9.17, 15) is 19.2 Å². The van der Waals surface area contributed by atoms with Crippen molar-refractivity contribution < 1.29 is 23.9 Å². The van der Waals surface area contributed by atoms with E-state index in [1.54, 1.807) is 30.1 Å². The summed E-state index contributed by atoms with van der Waals surface area (Å²) in [5.41, 5.74) is 1.55. The number of carbonyl (C=O) groups excluding carboxylic acids is 4. The van der Waals surface area contributed by atoms with Crippen LogP contribution < -0.4 is 10.6 Å². The lowest BCUT2D eigenvalue weighted by Crippen LogP contribution is -2.51. The maximum absolute atomic E-state index is 12.1. The second kappa shape index (κ2) is 9.94. The first-order valence-corrected chi connectivity index (χ1v) is 8.94. The lowest BCUT2D eigenvalue weighted by atomic mass is 10.0. The Bertz CT molecular complexity index is 719. The minimum Gasteiger partial charge on any atom is -0.372 e. The number of imide groups is 1. The molecule has 27 heavy (non-hydrogen) atoms. The van der Waals surface area contributed by atoms with E-state index in [4.69, 9.17) is 4.74 Å². The van der Waals surface area contributed by atoms with Gasteiger partial charge in [0, 0.05) is 36.4 Å². The number of carbonyl (C=O) groups is 4. The van der Waals surface area contributed by atoms with E-state index < -0.39 is 6.04 Å². The number of nitrogens with zero attached hydrogens (tertiary/aromatic N) is 1. The molecule has 0 radical (unpaired) electrons. The van der Waals surface area contributed by atoms with Crippen LogP contribution in [0.2, 0.25) is 0 Å². The van der Waals surface area contributed by atoms with Crippen LogP contribution in [0, 0.1) is 0 Å². The van der Waals surface area contributed by atoms with Crippen molar-refractivity contribution >= 4 is 29.7 Å². The summed E-state index contributed by atoms with van der Waals surface area (Å²) in [6.07, 6.45) is 2.22. The zero-order valence-electron chi connectivity index (χ0n) is 15.6. The van der Waals surface area contributed by atoms with Crippen LogP contribution >= 0.6 is 0 Å². The minimum atomic E-state index is -0.473. The lowest BCUT2D eigenvalue weighted by Gasteiger charge is -2.30. The zero-order valence-corrected chi connectivity index (χ0v) is 15.6. The molecule has 1 aromatic carbocycles. The van der Waals surface area contributed by atoms with Gasteiger partial charge < -0.3 is 10.1 Å². The fourth-order valence-corrected chi connectivity index (χ4v) is 2.97. The highest BCUT2D eigenvalue weighted by molar-refractivity contribution is 6.00. The van der Waals surface area contributed by atoms with E-state index in [0.717, 1.165) is 12.7 Å². The molecule has 8 nitrogen and oxygen atoms in total. The van der Waals surface area contributed by atoms with Gasteiger partial charge in [0.05, 0.1) is 6.04 Å². The third kappa shape index (κ3) is 5.70. The number of aldehydes is 1.